The van der Waals surface area contributed by atoms with Crippen molar-refractivity contribution in [3.05, 3.63) is 23.9 Å². The number of esters is 1. The zero-order valence-electron chi connectivity index (χ0n) is 12.2. The summed E-state index contributed by atoms with van der Waals surface area (Å²) in [5.74, 6) is 0.206. The number of likely N-dealkylation sites (tertiary alicyclic amines) is 1. The van der Waals surface area contributed by atoms with Crippen LogP contribution in [0.5, 0.6) is 5.88 Å². The molecule has 0 saturated carbocycles. The molecule has 1 saturated heterocycles. The molecule has 5 heteroatoms. The van der Waals surface area contributed by atoms with Gasteiger partial charge in [0.15, 0.2) is 0 Å². The van der Waals surface area contributed by atoms with Gasteiger partial charge in [-0.3, -0.25) is 0 Å². The fraction of sp³-hybridized carbons (Fsp3) is 0.600. The van der Waals surface area contributed by atoms with Crippen molar-refractivity contribution in [1.29, 1.82) is 0 Å². The first-order valence-electron chi connectivity index (χ1n) is 7.17. The average molecular weight is 278 g/mol. The van der Waals surface area contributed by atoms with E-state index in [4.69, 9.17) is 9.47 Å². The highest BCUT2D eigenvalue weighted by atomic mass is 16.5. The molecule has 0 N–H and O–H groups in total. The summed E-state index contributed by atoms with van der Waals surface area (Å²) in [6.45, 7) is 3.98. The predicted molar refractivity (Wildman–Crippen MR) is 76.0 cm³/mol. The van der Waals surface area contributed by atoms with E-state index in [1.54, 1.807) is 19.1 Å². The first kappa shape index (κ1) is 14.8. The van der Waals surface area contributed by atoms with Crippen LogP contribution in [0.3, 0.4) is 0 Å². The van der Waals surface area contributed by atoms with Crippen LogP contribution in [0.15, 0.2) is 18.3 Å². The highest BCUT2D eigenvalue weighted by Gasteiger charge is 2.20. The van der Waals surface area contributed by atoms with E-state index in [1.165, 1.54) is 25.6 Å². The van der Waals surface area contributed by atoms with Gasteiger partial charge in [-0.25, -0.2) is 9.78 Å². The van der Waals surface area contributed by atoms with Crippen molar-refractivity contribution < 1.29 is 14.3 Å². The van der Waals surface area contributed by atoms with Crippen LogP contribution in [0.1, 0.15) is 36.5 Å². The minimum atomic E-state index is -0.348. The van der Waals surface area contributed by atoms with E-state index in [2.05, 4.69) is 16.9 Å². The third-order valence-electron chi connectivity index (χ3n) is 3.62. The topological polar surface area (TPSA) is 51.7 Å². The minimum absolute atomic E-state index is 0.348. The molecule has 1 aliphatic heterocycles. The van der Waals surface area contributed by atoms with E-state index in [-0.39, 0.29) is 5.97 Å². The Kier molecular flexibility index (Phi) is 5.35. The van der Waals surface area contributed by atoms with Crippen molar-refractivity contribution in [2.45, 2.75) is 32.2 Å². The van der Waals surface area contributed by atoms with E-state index in [0.29, 0.717) is 30.7 Å². The normalized spacial score (nSPS) is 19.0. The van der Waals surface area contributed by atoms with E-state index < -0.39 is 0 Å². The molecule has 1 aliphatic rings. The quantitative estimate of drug-likeness (QED) is 0.746. The van der Waals surface area contributed by atoms with Gasteiger partial charge in [-0.05, 0) is 45.8 Å². The van der Waals surface area contributed by atoms with Crippen molar-refractivity contribution >= 4 is 5.97 Å². The predicted octanol–water partition coefficient (Wildman–Crippen LogP) is 2.12. The van der Waals surface area contributed by atoms with E-state index in [0.717, 1.165) is 6.42 Å². The summed E-state index contributed by atoms with van der Waals surface area (Å²) in [6, 6.07) is 4.01. The summed E-state index contributed by atoms with van der Waals surface area (Å²) >= 11 is 0. The van der Waals surface area contributed by atoms with Gasteiger partial charge in [-0.1, -0.05) is 0 Å². The van der Waals surface area contributed by atoms with Crippen LogP contribution in [0.4, 0.5) is 0 Å². The number of aromatic nitrogens is 1. The van der Waals surface area contributed by atoms with Crippen molar-refractivity contribution in [2.75, 3.05) is 26.8 Å². The molecule has 1 fully saturated rings. The van der Waals surface area contributed by atoms with Gasteiger partial charge in [0.05, 0.1) is 18.8 Å². The Hall–Kier alpha value is -1.62. The SMILES string of the molecule is CCOC(=O)c1ccc(OCCC2CCCN2C)nc1. The fourth-order valence-corrected chi connectivity index (χ4v) is 2.44. The minimum Gasteiger partial charge on any atom is -0.478 e. The molecule has 0 aromatic carbocycles. The fourth-order valence-electron chi connectivity index (χ4n) is 2.44. The van der Waals surface area contributed by atoms with Crippen LogP contribution >= 0.6 is 0 Å². The lowest BCUT2D eigenvalue weighted by atomic mass is 10.1. The molecule has 2 rings (SSSR count). The summed E-state index contributed by atoms with van der Waals surface area (Å²) in [4.78, 5) is 18.0. The second kappa shape index (κ2) is 7.24. The van der Waals surface area contributed by atoms with Crippen LogP contribution in [-0.2, 0) is 4.74 Å². The molecular weight excluding hydrogens is 256 g/mol. The van der Waals surface area contributed by atoms with E-state index in [1.807, 2.05) is 0 Å². The van der Waals surface area contributed by atoms with Crippen LogP contribution in [0.25, 0.3) is 0 Å². The van der Waals surface area contributed by atoms with Gasteiger partial charge < -0.3 is 14.4 Å². The lowest BCUT2D eigenvalue weighted by Gasteiger charge is -2.18. The second-order valence-corrected chi connectivity index (χ2v) is 5.02. The van der Waals surface area contributed by atoms with Crippen LogP contribution in [0.2, 0.25) is 0 Å². The van der Waals surface area contributed by atoms with Crippen LogP contribution in [0, 0.1) is 0 Å². The summed E-state index contributed by atoms with van der Waals surface area (Å²) in [5.41, 5.74) is 0.453. The first-order valence-corrected chi connectivity index (χ1v) is 7.17. The maximum Gasteiger partial charge on any atom is 0.339 e. The smallest absolute Gasteiger partial charge is 0.339 e. The Bertz CT molecular complexity index is 433. The molecule has 5 nitrogen and oxygen atoms in total. The summed E-state index contributed by atoms with van der Waals surface area (Å²) in [6.07, 6.45) is 5.02. The largest absolute Gasteiger partial charge is 0.478 e. The molecule has 110 valence electrons. The van der Waals surface area contributed by atoms with Crippen molar-refractivity contribution in [3.8, 4) is 5.88 Å². The number of hydrogen-bond acceptors (Lipinski definition) is 5. The summed E-state index contributed by atoms with van der Waals surface area (Å²) in [5, 5.41) is 0. The maximum atomic E-state index is 11.5. The number of rotatable bonds is 6. The standard InChI is InChI=1S/C15H22N2O3/c1-3-19-15(18)12-6-7-14(16-11-12)20-10-8-13-5-4-9-17(13)2/h6-7,11,13H,3-5,8-10H2,1-2H3. The second-order valence-electron chi connectivity index (χ2n) is 5.02. The number of nitrogens with zero attached hydrogens (tertiary/aromatic N) is 2. The van der Waals surface area contributed by atoms with Crippen LogP contribution in [-0.4, -0.2) is 48.7 Å². The highest BCUT2D eigenvalue weighted by Crippen LogP contribution is 2.18. The molecule has 0 radical (unpaired) electrons. The molecule has 0 aliphatic carbocycles. The van der Waals surface area contributed by atoms with Gasteiger partial charge in [0.2, 0.25) is 5.88 Å². The highest BCUT2D eigenvalue weighted by molar-refractivity contribution is 5.89. The monoisotopic (exact) mass is 278 g/mol. The molecule has 1 aromatic rings. The van der Waals surface area contributed by atoms with Crippen molar-refractivity contribution in [2.24, 2.45) is 0 Å². The van der Waals surface area contributed by atoms with Gasteiger partial charge in [0.25, 0.3) is 0 Å². The molecule has 2 heterocycles. The van der Waals surface area contributed by atoms with Crippen molar-refractivity contribution in [3.63, 3.8) is 0 Å². The molecule has 1 atom stereocenters. The Labute approximate surface area is 119 Å². The van der Waals surface area contributed by atoms with E-state index in [9.17, 15) is 4.79 Å². The van der Waals surface area contributed by atoms with Gasteiger partial charge in [0.1, 0.15) is 0 Å². The third-order valence-corrected chi connectivity index (χ3v) is 3.62. The lowest BCUT2D eigenvalue weighted by molar-refractivity contribution is 0.0526. The Morgan fingerprint density at radius 2 is 2.35 bits per heavy atom. The number of hydrogen-bond donors (Lipinski definition) is 0. The summed E-state index contributed by atoms with van der Waals surface area (Å²) in [7, 11) is 2.16. The molecule has 0 bridgehead atoms. The molecular formula is C15H22N2O3. The first-order chi connectivity index (χ1) is 9.70. The molecule has 1 aromatic heterocycles. The van der Waals surface area contributed by atoms with Gasteiger partial charge in [-0.15, -0.1) is 0 Å². The Balaban J connectivity index is 1.77. The van der Waals surface area contributed by atoms with E-state index >= 15 is 0 Å². The zero-order chi connectivity index (χ0) is 14.4. The molecule has 0 spiro atoms. The number of carbonyl (C=O) groups excluding carboxylic acids is 1. The third kappa shape index (κ3) is 3.93. The molecule has 0 amide bonds. The number of ether oxygens (including phenoxy) is 2. The molecule has 20 heavy (non-hydrogen) atoms. The zero-order valence-corrected chi connectivity index (χ0v) is 12.2. The van der Waals surface area contributed by atoms with Gasteiger partial charge in [0, 0.05) is 18.3 Å². The average Bonchev–Trinajstić information content (AvgIpc) is 2.85. The van der Waals surface area contributed by atoms with Crippen LogP contribution < -0.4 is 4.74 Å². The Morgan fingerprint density at radius 3 is 2.95 bits per heavy atom. The number of carbonyl (C=O) groups is 1. The summed E-state index contributed by atoms with van der Waals surface area (Å²) < 4.78 is 10.5. The Morgan fingerprint density at radius 1 is 1.50 bits per heavy atom. The van der Waals surface area contributed by atoms with Gasteiger partial charge in [-0.2, -0.15) is 0 Å². The maximum absolute atomic E-state index is 11.5. The number of pyridine rings is 1. The lowest BCUT2D eigenvalue weighted by Crippen LogP contribution is -2.26. The van der Waals surface area contributed by atoms with Gasteiger partial charge >= 0.3 is 5.97 Å². The molecule has 1 unspecified atom stereocenters. The van der Waals surface area contributed by atoms with Crippen molar-refractivity contribution in [1.82, 2.24) is 9.88 Å².